The standard InChI is InChI=1S/C17H13N/c1-11-6-7-13-9-16-14(10-17(13)18-11)8-12-4-2-3-5-15(12)16/h2-8,10H,9H2,1H3. The fourth-order valence-electron chi connectivity index (χ4n) is 2.85. The molecule has 0 N–H and O–H groups in total. The van der Waals surface area contributed by atoms with Gasteiger partial charge in [-0.25, -0.2) is 0 Å². The van der Waals surface area contributed by atoms with Crippen LogP contribution in [-0.2, 0) is 6.42 Å². The largest absolute Gasteiger partial charge is 0.253 e. The van der Waals surface area contributed by atoms with E-state index in [1.54, 1.807) is 0 Å². The summed E-state index contributed by atoms with van der Waals surface area (Å²) < 4.78 is 0. The van der Waals surface area contributed by atoms with Gasteiger partial charge in [-0.2, -0.15) is 0 Å². The number of benzene rings is 1. The minimum atomic E-state index is 1.00. The Morgan fingerprint density at radius 1 is 1.00 bits per heavy atom. The molecule has 0 fully saturated rings. The lowest BCUT2D eigenvalue weighted by atomic mass is 9.91. The van der Waals surface area contributed by atoms with Crippen molar-refractivity contribution < 1.29 is 0 Å². The van der Waals surface area contributed by atoms with E-state index < -0.39 is 0 Å². The molecule has 0 radical (unpaired) electrons. The highest BCUT2D eigenvalue weighted by Crippen LogP contribution is 2.29. The Morgan fingerprint density at radius 2 is 1.89 bits per heavy atom. The highest BCUT2D eigenvalue weighted by atomic mass is 14.7. The number of aromatic nitrogens is 1. The molecule has 0 spiro atoms. The molecule has 1 nitrogen and oxygen atoms in total. The van der Waals surface area contributed by atoms with Gasteiger partial charge in [0.1, 0.15) is 0 Å². The molecule has 4 rings (SSSR count). The Balaban J connectivity index is 2.03. The predicted octanol–water partition coefficient (Wildman–Crippen LogP) is 1.97. The topological polar surface area (TPSA) is 12.9 Å². The van der Waals surface area contributed by atoms with E-state index in [9.17, 15) is 0 Å². The van der Waals surface area contributed by atoms with E-state index in [-0.39, 0.29) is 0 Å². The molecule has 0 saturated carbocycles. The third-order valence-corrected chi connectivity index (χ3v) is 3.76. The average Bonchev–Trinajstić information content (AvgIpc) is 2.73. The SMILES string of the molecule is Cc1ccc2c(n1)C=C1C=c3ccccc3=C1C2. The van der Waals surface area contributed by atoms with Crippen LogP contribution in [-0.4, -0.2) is 4.98 Å². The molecular formula is C17H13N. The van der Waals surface area contributed by atoms with Crippen molar-refractivity contribution in [1.29, 1.82) is 0 Å². The number of allylic oxidation sites excluding steroid dienone is 1. The lowest BCUT2D eigenvalue weighted by molar-refractivity contribution is 1.10. The number of nitrogens with zero attached hydrogens (tertiary/aromatic N) is 1. The highest BCUT2D eigenvalue weighted by Gasteiger charge is 2.18. The minimum Gasteiger partial charge on any atom is -0.253 e. The summed E-state index contributed by atoms with van der Waals surface area (Å²) in [5.74, 6) is 0. The zero-order valence-electron chi connectivity index (χ0n) is 10.3. The van der Waals surface area contributed by atoms with Crippen molar-refractivity contribution in [2.24, 2.45) is 0 Å². The number of aryl methyl sites for hydroxylation is 1. The molecule has 0 saturated heterocycles. The van der Waals surface area contributed by atoms with Crippen molar-refractivity contribution in [3.63, 3.8) is 0 Å². The van der Waals surface area contributed by atoms with Gasteiger partial charge in [0.25, 0.3) is 0 Å². The Hall–Kier alpha value is -2.15. The van der Waals surface area contributed by atoms with Gasteiger partial charge in [-0.15, -0.1) is 0 Å². The van der Waals surface area contributed by atoms with E-state index >= 15 is 0 Å². The summed E-state index contributed by atoms with van der Waals surface area (Å²) in [5.41, 5.74) is 6.34. The number of hydrogen-bond donors (Lipinski definition) is 0. The summed E-state index contributed by atoms with van der Waals surface area (Å²) in [6.45, 7) is 2.05. The third-order valence-electron chi connectivity index (χ3n) is 3.76. The maximum Gasteiger partial charge on any atom is 0.0674 e. The summed E-state index contributed by atoms with van der Waals surface area (Å²) in [7, 11) is 0. The first-order valence-corrected chi connectivity index (χ1v) is 6.30. The molecule has 0 unspecified atom stereocenters. The summed E-state index contributed by atoms with van der Waals surface area (Å²) in [6.07, 6.45) is 5.50. The second-order valence-corrected chi connectivity index (χ2v) is 4.98. The molecule has 0 bridgehead atoms. The van der Waals surface area contributed by atoms with Crippen LogP contribution in [0, 0.1) is 6.92 Å². The molecule has 1 heteroatoms. The first-order valence-electron chi connectivity index (χ1n) is 6.30. The van der Waals surface area contributed by atoms with Crippen molar-refractivity contribution in [1.82, 2.24) is 4.98 Å². The quantitative estimate of drug-likeness (QED) is 0.675. The molecule has 1 heterocycles. The van der Waals surface area contributed by atoms with Crippen molar-refractivity contribution >= 4 is 17.7 Å². The van der Waals surface area contributed by atoms with Crippen LogP contribution >= 0.6 is 0 Å². The van der Waals surface area contributed by atoms with E-state index in [0.29, 0.717) is 0 Å². The van der Waals surface area contributed by atoms with Crippen molar-refractivity contribution in [3.05, 3.63) is 69.4 Å². The summed E-state index contributed by atoms with van der Waals surface area (Å²) >= 11 is 0. The van der Waals surface area contributed by atoms with E-state index in [4.69, 9.17) is 0 Å². The van der Waals surface area contributed by atoms with Crippen LogP contribution in [0.2, 0.25) is 0 Å². The second kappa shape index (κ2) is 3.42. The predicted molar refractivity (Wildman–Crippen MR) is 74.2 cm³/mol. The van der Waals surface area contributed by atoms with Gasteiger partial charge in [0.05, 0.1) is 5.69 Å². The number of fused-ring (bicyclic) bond motifs is 3. The molecule has 18 heavy (non-hydrogen) atoms. The molecule has 86 valence electrons. The normalized spacial score (nSPS) is 15.4. The van der Waals surface area contributed by atoms with Crippen LogP contribution < -0.4 is 10.4 Å². The van der Waals surface area contributed by atoms with Gasteiger partial charge in [-0.05, 0) is 52.3 Å². The highest BCUT2D eigenvalue weighted by molar-refractivity contribution is 5.92. The van der Waals surface area contributed by atoms with Crippen LogP contribution in [0.3, 0.4) is 0 Å². The molecule has 2 aliphatic carbocycles. The van der Waals surface area contributed by atoms with Gasteiger partial charge in [-0.1, -0.05) is 30.3 Å². The van der Waals surface area contributed by atoms with Crippen LogP contribution in [0.1, 0.15) is 17.0 Å². The number of pyridine rings is 1. The number of hydrogen-bond acceptors (Lipinski definition) is 1. The summed E-state index contributed by atoms with van der Waals surface area (Å²) in [4.78, 5) is 4.63. The average molecular weight is 231 g/mol. The van der Waals surface area contributed by atoms with E-state index in [1.165, 1.54) is 27.1 Å². The fraction of sp³-hybridized carbons (Fsp3) is 0.118. The third kappa shape index (κ3) is 1.31. The smallest absolute Gasteiger partial charge is 0.0674 e. The van der Waals surface area contributed by atoms with E-state index in [0.717, 1.165) is 17.8 Å². The zero-order chi connectivity index (χ0) is 12.1. The van der Waals surface area contributed by atoms with Crippen LogP contribution in [0.4, 0.5) is 0 Å². The molecule has 1 aromatic heterocycles. The molecule has 2 aromatic rings. The molecular weight excluding hydrogens is 218 g/mol. The first kappa shape index (κ1) is 9.84. The van der Waals surface area contributed by atoms with Crippen molar-refractivity contribution in [2.75, 3.05) is 0 Å². The Kier molecular flexibility index (Phi) is 1.87. The second-order valence-electron chi connectivity index (χ2n) is 4.98. The number of rotatable bonds is 0. The van der Waals surface area contributed by atoms with E-state index in [1.807, 2.05) is 6.92 Å². The fourth-order valence-corrected chi connectivity index (χ4v) is 2.85. The van der Waals surface area contributed by atoms with Gasteiger partial charge < -0.3 is 0 Å². The molecule has 2 aliphatic rings. The van der Waals surface area contributed by atoms with Gasteiger partial charge in [-0.3, -0.25) is 4.98 Å². The van der Waals surface area contributed by atoms with Crippen LogP contribution in [0.5, 0.6) is 0 Å². The molecule has 0 atom stereocenters. The molecule has 0 amide bonds. The minimum absolute atomic E-state index is 1.00. The van der Waals surface area contributed by atoms with Crippen molar-refractivity contribution in [2.45, 2.75) is 13.3 Å². The molecule has 0 aliphatic heterocycles. The maximum atomic E-state index is 4.63. The molecule has 1 aromatic carbocycles. The zero-order valence-corrected chi connectivity index (χ0v) is 10.3. The Bertz CT molecular complexity index is 810. The monoisotopic (exact) mass is 231 g/mol. The van der Waals surface area contributed by atoms with E-state index in [2.05, 4.69) is 53.5 Å². The van der Waals surface area contributed by atoms with Crippen LogP contribution in [0.15, 0.2) is 42.0 Å². The Morgan fingerprint density at radius 3 is 2.83 bits per heavy atom. The summed E-state index contributed by atoms with van der Waals surface area (Å²) in [6, 6.07) is 12.9. The van der Waals surface area contributed by atoms with Gasteiger partial charge in [0.15, 0.2) is 0 Å². The Labute approximate surface area is 106 Å². The lowest BCUT2D eigenvalue weighted by Gasteiger charge is -2.15. The summed E-state index contributed by atoms with van der Waals surface area (Å²) in [5, 5.41) is 2.72. The van der Waals surface area contributed by atoms with Gasteiger partial charge in [0, 0.05) is 12.1 Å². The van der Waals surface area contributed by atoms with Gasteiger partial charge in [0.2, 0.25) is 0 Å². The van der Waals surface area contributed by atoms with Crippen LogP contribution in [0.25, 0.3) is 17.7 Å². The van der Waals surface area contributed by atoms with Crippen molar-refractivity contribution in [3.8, 4) is 0 Å². The maximum absolute atomic E-state index is 4.63. The first-order chi connectivity index (χ1) is 8.81. The van der Waals surface area contributed by atoms with Gasteiger partial charge >= 0.3 is 0 Å². The lowest BCUT2D eigenvalue weighted by Crippen LogP contribution is -2.22.